The van der Waals surface area contributed by atoms with Crippen molar-refractivity contribution in [1.29, 1.82) is 0 Å². The number of benzene rings is 1. The summed E-state index contributed by atoms with van der Waals surface area (Å²) in [6, 6.07) is 6.41. The average Bonchev–Trinajstić information content (AvgIpc) is 2.73. The van der Waals surface area contributed by atoms with Gasteiger partial charge in [0.1, 0.15) is 0 Å². The lowest BCUT2D eigenvalue weighted by molar-refractivity contribution is 0.103. The van der Waals surface area contributed by atoms with E-state index < -0.39 is 0 Å². The van der Waals surface area contributed by atoms with Crippen LogP contribution in [-0.4, -0.2) is 20.6 Å². The number of nitrogens with zero attached hydrogens (tertiary/aromatic N) is 1. The van der Waals surface area contributed by atoms with Gasteiger partial charge in [0.25, 0.3) is 0 Å². The summed E-state index contributed by atoms with van der Waals surface area (Å²) < 4.78 is 1.89. The standard InChI is InChI=1S/C13H11NO3/c15-11-6-8-3-5-14-4-1-2-10(14)13(17)9(8)7-12(11)16/h1-2,4,6-7,15-16H,3,5H2. The molecule has 0 atom stereocenters. The highest BCUT2D eigenvalue weighted by molar-refractivity contribution is 6.09. The number of aromatic hydroxyl groups is 2. The predicted molar refractivity (Wildman–Crippen MR) is 61.3 cm³/mol. The molecule has 0 bridgehead atoms. The van der Waals surface area contributed by atoms with Gasteiger partial charge in [-0.1, -0.05) is 0 Å². The molecule has 0 saturated heterocycles. The number of carbonyl (C=O) groups excluding carboxylic acids is 1. The van der Waals surface area contributed by atoms with Crippen LogP contribution in [0.4, 0.5) is 0 Å². The maximum absolute atomic E-state index is 12.2. The van der Waals surface area contributed by atoms with E-state index in [9.17, 15) is 15.0 Å². The molecule has 4 nitrogen and oxygen atoms in total. The van der Waals surface area contributed by atoms with Crippen LogP contribution in [0.2, 0.25) is 0 Å². The van der Waals surface area contributed by atoms with Gasteiger partial charge in [-0.2, -0.15) is 0 Å². The van der Waals surface area contributed by atoms with E-state index in [-0.39, 0.29) is 17.3 Å². The Hall–Kier alpha value is -2.23. The number of phenols is 2. The SMILES string of the molecule is O=C1c2cc(O)c(O)cc2CCn2cccc21. The molecule has 0 radical (unpaired) electrons. The minimum absolute atomic E-state index is 0.113. The maximum atomic E-state index is 12.2. The van der Waals surface area contributed by atoms with E-state index in [0.29, 0.717) is 24.2 Å². The van der Waals surface area contributed by atoms with Gasteiger partial charge in [-0.05, 0) is 36.2 Å². The first kappa shape index (κ1) is 9.96. The van der Waals surface area contributed by atoms with Crippen molar-refractivity contribution in [2.75, 3.05) is 0 Å². The molecular weight excluding hydrogens is 218 g/mol. The summed E-state index contributed by atoms with van der Waals surface area (Å²) in [6.45, 7) is 0.700. The van der Waals surface area contributed by atoms with Crippen LogP contribution in [0.25, 0.3) is 0 Å². The minimum Gasteiger partial charge on any atom is -0.504 e. The lowest BCUT2D eigenvalue weighted by Gasteiger charge is -2.06. The van der Waals surface area contributed by atoms with E-state index in [1.165, 1.54) is 12.1 Å². The second-order valence-corrected chi connectivity index (χ2v) is 4.16. The Labute approximate surface area is 97.7 Å². The van der Waals surface area contributed by atoms with Crippen molar-refractivity contribution in [1.82, 2.24) is 4.57 Å². The molecule has 2 aromatic rings. The number of hydrogen-bond acceptors (Lipinski definition) is 3. The zero-order valence-corrected chi connectivity index (χ0v) is 9.05. The predicted octanol–water partition coefficient (Wildman–Crippen LogP) is 1.69. The molecule has 2 N–H and O–H groups in total. The number of ketones is 1. The van der Waals surface area contributed by atoms with Crippen LogP contribution in [0.15, 0.2) is 30.5 Å². The zero-order chi connectivity index (χ0) is 12.0. The Morgan fingerprint density at radius 2 is 1.94 bits per heavy atom. The molecule has 0 aliphatic carbocycles. The molecule has 86 valence electrons. The second-order valence-electron chi connectivity index (χ2n) is 4.16. The summed E-state index contributed by atoms with van der Waals surface area (Å²) in [6.07, 6.45) is 2.52. The molecule has 1 aliphatic heterocycles. The fourth-order valence-corrected chi connectivity index (χ4v) is 2.23. The van der Waals surface area contributed by atoms with E-state index in [0.717, 1.165) is 5.56 Å². The Kier molecular flexibility index (Phi) is 1.98. The van der Waals surface area contributed by atoms with Gasteiger partial charge in [0.15, 0.2) is 11.5 Å². The number of fused-ring (bicyclic) bond motifs is 2. The van der Waals surface area contributed by atoms with Crippen molar-refractivity contribution in [3.63, 3.8) is 0 Å². The summed E-state index contributed by atoms with van der Waals surface area (Å²) in [5.74, 6) is -0.543. The van der Waals surface area contributed by atoms with Crippen LogP contribution in [0.3, 0.4) is 0 Å². The lowest BCUT2D eigenvalue weighted by Crippen LogP contribution is -2.06. The van der Waals surface area contributed by atoms with Gasteiger partial charge in [-0.25, -0.2) is 0 Å². The van der Waals surface area contributed by atoms with Crippen molar-refractivity contribution in [2.24, 2.45) is 0 Å². The molecule has 2 heterocycles. The van der Waals surface area contributed by atoms with Crippen molar-refractivity contribution >= 4 is 5.78 Å². The summed E-state index contributed by atoms with van der Waals surface area (Å²) in [4.78, 5) is 12.2. The number of aromatic nitrogens is 1. The summed E-state index contributed by atoms with van der Waals surface area (Å²) in [7, 11) is 0. The van der Waals surface area contributed by atoms with E-state index >= 15 is 0 Å². The lowest BCUT2D eigenvalue weighted by atomic mass is 10.00. The third-order valence-electron chi connectivity index (χ3n) is 3.13. The number of hydrogen-bond donors (Lipinski definition) is 2. The molecule has 1 aromatic carbocycles. The van der Waals surface area contributed by atoms with E-state index in [4.69, 9.17) is 0 Å². The number of phenolic OH excluding ortho intramolecular Hbond substituents is 2. The Balaban J connectivity index is 2.22. The second kappa shape index (κ2) is 3.38. The van der Waals surface area contributed by atoms with E-state index in [1.807, 2.05) is 16.8 Å². The van der Waals surface area contributed by atoms with Gasteiger partial charge >= 0.3 is 0 Å². The van der Waals surface area contributed by atoms with Crippen LogP contribution in [0.5, 0.6) is 11.5 Å². The van der Waals surface area contributed by atoms with Gasteiger partial charge in [0.2, 0.25) is 5.78 Å². The van der Waals surface area contributed by atoms with Crippen LogP contribution in [0.1, 0.15) is 21.6 Å². The minimum atomic E-state index is -0.253. The van der Waals surface area contributed by atoms with Gasteiger partial charge in [0.05, 0.1) is 5.69 Å². The highest BCUT2D eigenvalue weighted by atomic mass is 16.3. The first-order chi connectivity index (χ1) is 8.16. The van der Waals surface area contributed by atoms with Crippen LogP contribution in [-0.2, 0) is 13.0 Å². The van der Waals surface area contributed by atoms with Crippen LogP contribution >= 0.6 is 0 Å². The topological polar surface area (TPSA) is 62.5 Å². The molecule has 17 heavy (non-hydrogen) atoms. The molecule has 4 heteroatoms. The summed E-state index contributed by atoms with van der Waals surface area (Å²) in [5.41, 5.74) is 1.86. The monoisotopic (exact) mass is 229 g/mol. The van der Waals surface area contributed by atoms with Crippen molar-refractivity contribution < 1.29 is 15.0 Å². The highest BCUT2D eigenvalue weighted by Crippen LogP contribution is 2.31. The quantitative estimate of drug-likeness (QED) is 0.676. The van der Waals surface area contributed by atoms with Gasteiger partial charge in [0, 0.05) is 18.3 Å². The van der Waals surface area contributed by atoms with E-state index in [1.54, 1.807) is 6.07 Å². The van der Waals surface area contributed by atoms with Crippen LogP contribution < -0.4 is 0 Å². The molecular formula is C13H11NO3. The average molecular weight is 229 g/mol. The molecule has 0 amide bonds. The first-order valence-electron chi connectivity index (χ1n) is 5.41. The third-order valence-corrected chi connectivity index (χ3v) is 3.13. The summed E-state index contributed by atoms with van der Waals surface area (Å²) in [5, 5.41) is 18.9. The highest BCUT2D eigenvalue weighted by Gasteiger charge is 2.22. The van der Waals surface area contributed by atoms with Gasteiger partial charge in [-0.3, -0.25) is 4.79 Å². The van der Waals surface area contributed by atoms with Gasteiger partial charge in [-0.15, -0.1) is 0 Å². The molecule has 0 spiro atoms. The fraction of sp³-hybridized carbons (Fsp3) is 0.154. The summed E-state index contributed by atoms with van der Waals surface area (Å²) >= 11 is 0. The van der Waals surface area contributed by atoms with Crippen molar-refractivity contribution in [3.05, 3.63) is 47.3 Å². The van der Waals surface area contributed by atoms with Crippen LogP contribution in [0, 0.1) is 0 Å². The molecule has 0 unspecified atom stereocenters. The smallest absolute Gasteiger partial charge is 0.209 e. The van der Waals surface area contributed by atoms with Crippen molar-refractivity contribution in [2.45, 2.75) is 13.0 Å². The largest absolute Gasteiger partial charge is 0.504 e. The Morgan fingerprint density at radius 3 is 2.76 bits per heavy atom. The van der Waals surface area contributed by atoms with E-state index in [2.05, 4.69) is 0 Å². The fourth-order valence-electron chi connectivity index (χ4n) is 2.23. The number of carbonyl (C=O) groups is 1. The molecule has 0 fully saturated rings. The Morgan fingerprint density at radius 1 is 1.18 bits per heavy atom. The molecule has 3 rings (SSSR count). The molecule has 1 aromatic heterocycles. The molecule has 1 aliphatic rings. The van der Waals surface area contributed by atoms with Gasteiger partial charge < -0.3 is 14.8 Å². The number of rotatable bonds is 0. The maximum Gasteiger partial charge on any atom is 0.209 e. The van der Waals surface area contributed by atoms with Crippen molar-refractivity contribution in [3.8, 4) is 11.5 Å². The first-order valence-corrected chi connectivity index (χ1v) is 5.41. The Bertz CT molecular complexity index is 613. The number of aryl methyl sites for hydroxylation is 2. The third kappa shape index (κ3) is 1.41. The normalized spacial score (nSPS) is 14.0. The zero-order valence-electron chi connectivity index (χ0n) is 9.05. The molecule has 0 saturated carbocycles.